The smallest absolute Gasteiger partial charge is 0.291 e. The highest BCUT2D eigenvalue weighted by molar-refractivity contribution is 5.90. The van der Waals surface area contributed by atoms with Gasteiger partial charge in [-0.3, -0.25) is 9.89 Å². The van der Waals surface area contributed by atoms with Crippen LogP contribution < -0.4 is 5.73 Å². The fourth-order valence-electron chi connectivity index (χ4n) is 1.47. The van der Waals surface area contributed by atoms with Crippen LogP contribution in [-0.2, 0) is 4.74 Å². The summed E-state index contributed by atoms with van der Waals surface area (Å²) in [7, 11) is 0. The number of carbonyl (C=O) groups excluding carboxylic acids is 1. The summed E-state index contributed by atoms with van der Waals surface area (Å²) in [5.74, 6) is 0.100. The Labute approximate surface area is 86.6 Å². The third-order valence-electron chi connectivity index (χ3n) is 2.21. The normalized spacial score (nSPS) is 17.5. The SMILES string of the molecule is Nc1n[nH]c(C(=O)N2CCCOCC2)n1. The lowest BCUT2D eigenvalue weighted by Gasteiger charge is -2.17. The van der Waals surface area contributed by atoms with Gasteiger partial charge in [0.05, 0.1) is 6.61 Å². The van der Waals surface area contributed by atoms with Crippen molar-refractivity contribution in [1.82, 2.24) is 20.1 Å². The summed E-state index contributed by atoms with van der Waals surface area (Å²) in [6.07, 6.45) is 0.843. The molecule has 1 aliphatic rings. The van der Waals surface area contributed by atoms with Gasteiger partial charge in [-0.05, 0) is 6.42 Å². The number of anilines is 1. The maximum absolute atomic E-state index is 11.8. The minimum Gasteiger partial charge on any atom is -0.380 e. The number of rotatable bonds is 1. The predicted molar refractivity (Wildman–Crippen MR) is 52.1 cm³/mol. The van der Waals surface area contributed by atoms with Crippen molar-refractivity contribution in [3.05, 3.63) is 5.82 Å². The number of amides is 1. The van der Waals surface area contributed by atoms with E-state index in [0.717, 1.165) is 6.42 Å². The van der Waals surface area contributed by atoms with Gasteiger partial charge < -0.3 is 15.4 Å². The van der Waals surface area contributed by atoms with E-state index in [-0.39, 0.29) is 17.7 Å². The Bertz CT molecular complexity index is 343. The zero-order valence-corrected chi connectivity index (χ0v) is 8.27. The van der Waals surface area contributed by atoms with Gasteiger partial charge in [-0.1, -0.05) is 0 Å². The van der Waals surface area contributed by atoms with Crippen molar-refractivity contribution >= 4 is 11.9 Å². The molecule has 0 radical (unpaired) electrons. The molecule has 1 aliphatic heterocycles. The highest BCUT2D eigenvalue weighted by atomic mass is 16.5. The van der Waals surface area contributed by atoms with Crippen LogP contribution in [0.3, 0.4) is 0 Å². The molecule has 0 atom stereocenters. The Hall–Kier alpha value is -1.63. The first kappa shape index (κ1) is 9.91. The van der Waals surface area contributed by atoms with Gasteiger partial charge in [-0.15, -0.1) is 5.10 Å². The number of hydrogen-bond acceptors (Lipinski definition) is 5. The molecule has 82 valence electrons. The lowest BCUT2D eigenvalue weighted by Crippen LogP contribution is -2.33. The standard InChI is InChI=1S/C8H13N5O2/c9-8-10-6(11-12-8)7(14)13-2-1-4-15-5-3-13/h1-5H2,(H3,9,10,11,12). The average Bonchev–Trinajstić information content (AvgIpc) is 2.53. The average molecular weight is 211 g/mol. The fourth-order valence-corrected chi connectivity index (χ4v) is 1.47. The zero-order valence-electron chi connectivity index (χ0n) is 8.27. The second-order valence-electron chi connectivity index (χ2n) is 3.30. The molecule has 0 aliphatic carbocycles. The lowest BCUT2D eigenvalue weighted by molar-refractivity contribution is 0.0730. The number of hydrogen-bond donors (Lipinski definition) is 2. The highest BCUT2D eigenvalue weighted by Crippen LogP contribution is 2.04. The van der Waals surface area contributed by atoms with E-state index in [0.29, 0.717) is 26.3 Å². The monoisotopic (exact) mass is 211 g/mol. The third-order valence-corrected chi connectivity index (χ3v) is 2.21. The first-order valence-electron chi connectivity index (χ1n) is 4.82. The Balaban J connectivity index is 2.06. The van der Waals surface area contributed by atoms with E-state index in [1.54, 1.807) is 4.90 Å². The topological polar surface area (TPSA) is 97.1 Å². The van der Waals surface area contributed by atoms with Crippen molar-refractivity contribution in [1.29, 1.82) is 0 Å². The molecule has 7 nitrogen and oxygen atoms in total. The summed E-state index contributed by atoms with van der Waals surface area (Å²) in [5.41, 5.74) is 5.33. The second kappa shape index (κ2) is 4.26. The minimum atomic E-state index is -0.176. The maximum atomic E-state index is 11.8. The first-order valence-corrected chi connectivity index (χ1v) is 4.82. The maximum Gasteiger partial charge on any atom is 0.291 e. The van der Waals surface area contributed by atoms with Gasteiger partial charge in [-0.25, -0.2) is 0 Å². The molecule has 0 bridgehead atoms. The van der Waals surface area contributed by atoms with Gasteiger partial charge in [0.1, 0.15) is 0 Å². The van der Waals surface area contributed by atoms with E-state index < -0.39 is 0 Å². The summed E-state index contributed by atoms with van der Waals surface area (Å²) < 4.78 is 5.25. The molecule has 0 aromatic carbocycles. The number of carbonyl (C=O) groups is 1. The quantitative estimate of drug-likeness (QED) is 0.637. The molecule has 2 rings (SSSR count). The van der Waals surface area contributed by atoms with Crippen molar-refractivity contribution in [2.75, 3.05) is 32.0 Å². The van der Waals surface area contributed by atoms with E-state index in [1.807, 2.05) is 0 Å². The molecule has 1 saturated heterocycles. The molecule has 0 spiro atoms. The van der Waals surface area contributed by atoms with Crippen LogP contribution >= 0.6 is 0 Å². The van der Waals surface area contributed by atoms with E-state index in [1.165, 1.54) is 0 Å². The Morgan fingerprint density at radius 3 is 3.07 bits per heavy atom. The molecular weight excluding hydrogens is 198 g/mol. The summed E-state index contributed by atoms with van der Waals surface area (Å²) in [4.78, 5) is 17.3. The molecule has 1 aromatic heterocycles. The molecule has 7 heteroatoms. The van der Waals surface area contributed by atoms with E-state index in [2.05, 4.69) is 15.2 Å². The van der Waals surface area contributed by atoms with Crippen LogP contribution in [0.4, 0.5) is 5.95 Å². The number of nitrogens with zero attached hydrogens (tertiary/aromatic N) is 3. The number of nitrogen functional groups attached to an aromatic ring is 1. The Morgan fingerprint density at radius 2 is 2.33 bits per heavy atom. The van der Waals surface area contributed by atoms with Crippen LogP contribution in [0.25, 0.3) is 0 Å². The van der Waals surface area contributed by atoms with Crippen LogP contribution in [0.2, 0.25) is 0 Å². The first-order chi connectivity index (χ1) is 7.27. The zero-order chi connectivity index (χ0) is 10.7. The van der Waals surface area contributed by atoms with E-state index in [9.17, 15) is 4.79 Å². The van der Waals surface area contributed by atoms with E-state index in [4.69, 9.17) is 10.5 Å². The van der Waals surface area contributed by atoms with Crippen LogP contribution in [0.15, 0.2) is 0 Å². The van der Waals surface area contributed by atoms with Gasteiger partial charge >= 0.3 is 0 Å². The Morgan fingerprint density at radius 1 is 1.47 bits per heavy atom. The summed E-state index contributed by atoms with van der Waals surface area (Å²) in [5, 5.41) is 6.12. The molecule has 1 fully saturated rings. The molecule has 1 aromatic rings. The van der Waals surface area contributed by atoms with Crippen molar-refractivity contribution in [3.8, 4) is 0 Å². The molecule has 1 amide bonds. The number of ether oxygens (including phenoxy) is 1. The fraction of sp³-hybridized carbons (Fsp3) is 0.625. The third kappa shape index (κ3) is 2.24. The lowest BCUT2D eigenvalue weighted by atomic mass is 10.4. The molecular formula is C8H13N5O2. The number of nitrogens with two attached hydrogens (primary N) is 1. The molecule has 0 saturated carbocycles. The van der Waals surface area contributed by atoms with Gasteiger partial charge in [0.15, 0.2) is 0 Å². The van der Waals surface area contributed by atoms with Crippen molar-refractivity contribution in [2.45, 2.75) is 6.42 Å². The van der Waals surface area contributed by atoms with Crippen molar-refractivity contribution in [3.63, 3.8) is 0 Å². The van der Waals surface area contributed by atoms with Crippen molar-refractivity contribution < 1.29 is 9.53 Å². The molecule has 0 unspecified atom stereocenters. The summed E-state index contributed by atoms with van der Waals surface area (Å²) in [6.45, 7) is 2.52. The number of nitrogens with one attached hydrogen (secondary N) is 1. The minimum absolute atomic E-state index is 0.0874. The molecule has 3 N–H and O–H groups in total. The number of aromatic amines is 1. The molecule has 15 heavy (non-hydrogen) atoms. The second-order valence-corrected chi connectivity index (χ2v) is 3.30. The largest absolute Gasteiger partial charge is 0.380 e. The predicted octanol–water partition coefficient (Wildman–Crippen LogP) is -0.751. The van der Waals surface area contributed by atoms with Crippen LogP contribution in [0.5, 0.6) is 0 Å². The van der Waals surface area contributed by atoms with E-state index >= 15 is 0 Å². The number of H-pyrrole nitrogens is 1. The molecule has 2 heterocycles. The summed E-state index contributed by atoms with van der Waals surface area (Å²) >= 11 is 0. The van der Waals surface area contributed by atoms with Gasteiger partial charge in [0.2, 0.25) is 11.8 Å². The summed E-state index contributed by atoms with van der Waals surface area (Å²) in [6, 6.07) is 0. The number of aromatic nitrogens is 3. The van der Waals surface area contributed by atoms with Crippen LogP contribution in [-0.4, -0.2) is 52.3 Å². The highest BCUT2D eigenvalue weighted by Gasteiger charge is 2.20. The van der Waals surface area contributed by atoms with Gasteiger partial charge in [-0.2, -0.15) is 4.98 Å². The van der Waals surface area contributed by atoms with Crippen LogP contribution in [0, 0.1) is 0 Å². The van der Waals surface area contributed by atoms with Crippen LogP contribution in [0.1, 0.15) is 17.0 Å². The Kier molecular flexibility index (Phi) is 2.82. The van der Waals surface area contributed by atoms with Gasteiger partial charge in [0, 0.05) is 19.7 Å². The van der Waals surface area contributed by atoms with Gasteiger partial charge in [0.25, 0.3) is 5.91 Å². The van der Waals surface area contributed by atoms with Crippen molar-refractivity contribution in [2.24, 2.45) is 0 Å².